The van der Waals surface area contributed by atoms with Gasteiger partial charge in [0, 0.05) is 19.6 Å². The molecule has 0 bridgehead atoms. The highest BCUT2D eigenvalue weighted by Gasteiger charge is 2.37. The maximum atomic E-state index is 13.2. The van der Waals surface area contributed by atoms with Crippen molar-refractivity contribution in [3.63, 3.8) is 0 Å². The lowest BCUT2D eigenvalue weighted by Gasteiger charge is -2.28. The second kappa shape index (κ2) is 7.78. The summed E-state index contributed by atoms with van der Waals surface area (Å²) in [4.78, 5) is 27.3. The molecule has 2 rings (SSSR count). The fourth-order valence-electron chi connectivity index (χ4n) is 2.62. The number of carbonyl (C=O) groups excluding carboxylic acids is 2. The number of nitrogens with zero attached hydrogens (tertiary/aromatic N) is 2. The predicted octanol–water partition coefficient (Wildman–Crippen LogP) is 4.06. The van der Waals surface area contributed by atoms with Crippen LogP contribution in [0.3, 0.4) is 0 Å². The molecule has 0 aromatic heterocycles. The first kappa shape index (κ1) is 21.1. The number of likely N-dealkylation sites (N-methyl/N-ethyl adjacent to an activating group) is 1. The van der Waals surface area contributed by atoms with Crippen LogP contribution in [0, 0.1) is 0 Å². The summed E-state index contributed by atoms with van der Waals surface area (Å²) in [6, 6.07) is 5.14. The van der Waals surface area contributed by atoms with Gasteiger partial charge in [-0.15, -0.1) is 0 Å². The van der Waals surface area contributed by atoms with E-state index >= 15 is 0 Å². The number of amides is 2. The zero-order valence-corrected chi connectivity index (χ0v) is 16.0. The van der Waals surface area contributed by atoms with E-state index in [1.807, 2.05) is 0 Å². The number of ether oxygens (including phenoxy) is 1. The normalized spacial score (nSPS) is 14.6. The largest absolute Gasteiger partial charge is 0.444 e. The number of halogens is 3. The minimum absolute atomic E-state index is 0.0465. The van der Waals surface area contributed by atoms with Gasteiger partial charge < -0.3 is 14.5 Å². The van der Waals surface area contributed by atoms with Crippen LogP contribution in [0.25, 0.3) is 0 Å². The van der Waals surface area contributed by atoms with Gasteiger partial charge in [-0.3, -0.25) is 4.79 Å². The number of carbonyl (C=O) groups is 2. The average Bonchev–Trinajstić information content (AvgIpc) is 3.34. The molecular weight excluding hydrogens is 361 g/mol. The SMILES string of the molecule is CN(CC(=O)N(Cc1ccccc1C(F)(F)F)C1CC1)C(=O)OC(C)(C)C. The van der Waals surface area contributed by atoms with Crippen LogP contribution in [0.2, 0.25) is 0 Å². The van der Waals surface area contributed by atoms with Gasteiger partial charge in [0.15, 0.2) is 0 Å². The van der Waals surface area contributed by atoms with Crippen molar-refractivity contribution in [2.24, 2.45) is 0 Å². The van der Waals surface area contributed by atoms with E-state index in [2.05, 4.69) is 0 Å². The van der Waals surface area contributed by atoms with Crippen LogP contribution in [-0.2, 0) is 22.3 Å². The molecule has 0 radical (unpaired) electrons. The number of hydrogen-bond acceptors (Lipinski definition) is 3. The summed E-state index contributed by atoms with van der Waals surface area (Å²) in [5, 5.41) is 0. The maximum Gasteiger partial charge on any atom is 0.416 e. The molecule has 8 heteroatoms. The van der Waals surface area contributed by atoms with Gasteiger partial charge in [0.05, 0.1) is 5.56 Å². The summed E-state index contributed by atoms with van der Waals surface area (Å²) in [6.07, 6.45) is -3.64. The molecule has 5 nitrogen and oxygen atoms in total. The first-order chi connectivity index (χ1) is 12.4. The van der Waals surface area contributed by atoms with Crippen LogP contribution < -0.4 is 0 Å². The van der Waals surface area contributed by atoms with E-state index in [0.717, 1.165) is 23.8 Å². The quantitative estimate of drug-likeness (QED) is 0.767. The Bertz CT molecular complexity index is 694. The van der Waals surface area contributed by atoms with E-state index in [-0.39, 0.29) is 24.7 Å². The average molecular weight is 386 g/mol. The van der Waals surface area contributed by atoms with Gasteiger partial charge in [0.25, 0.3) is 0 Å². The molecule has 0 N–H and O–H groups in total. The second-order valence-corrected chi connectivity index (χ2v) is 7.74. The molecule has 1 aliphatic rings. The van der Waals surface area contributed by atoms with Gasteiger partial charge in [-0.2, -0.15) is 13.2 Å². The topological polar surface area (TPSA) is 49.9 Å². The van der Waals surface area contributed by atoms with Crippen molar-refractivity contribution in [2.75, 3.05) is 13.6 Å². The Morgan fingerprint density at radius 2 is 1.74 bits per heavy atom. The van der Waals surface area contributed by atoms with Gasteiger partial charge in [-0.25, -0.2) is 4.79 Å². The number of rotatable bonds is 5. The zero-order valence-electron chi connectivity index (χ0n) is 16.0. The van der Waals surface area contributed by atoms with Crippen molar-refractivity contribution in [2.45, 2.75) is 58.0 Å². The Balaban J connectivity index is 2.10. The molecule has 150 valence electrons. The fourth-order valence-corrected chi connectivity index (χ4v) is 2.62. The molecule has 1 fully saturated rings. The van der Waals surface area contributed by atoms with Crippen LogP contribution in [0.15, 0.2) is 24.3 Å². The fraction of sp³-hybridized carbons (Fsp3) is 0.579. The monoisotopic (exact) mass is 386 g/mol. The van der Waals surface area contributed by atoms with Crippen LogP contribution in [0.1, 0.15) is 44.7 Å². The third-order valence-corrected chi connectivity index (χ3v) is 4.05. The first-order valence-electron chi connectivity index (χ1n) is 8.77. The summed E-state index contributed by atoms with van der Waals surface area (Å²) >= 11 is 0. The molecule has 0 spiro atoms. The Morgan fingerprint density at radius 1 is 1.15 bits per heavy atom. The molecule has 1 saturated carbocycles. The third-order valence-electron chi connectivity index (χ3n) is 4.05. The highest BCUT2D eigenvalue weighted by atomic mass is 19.4. The summed E-state index contributed by atoms with van der Waals surface area (Å²) in [5.74, 6) is -0.400. The van der Waals surface area contributed by atoms with Crippen molar-refractivity contribution in [3.8, 4) is 0 Å². The molecule has 1 aromatic rings. The molecule has 0 saturated heterocycles. The van der Waals surface area contributed by atoms with Gasteiger partial charge in [0.2, 0.25) is 5.91 Å². The standard InChI is InChI=1S/C19H25F3N2O3/c1-18(2,3)27-17(26)23(4)12-16(25)24(14-9-10-14)11-13-7-5-6-8-15(13)19(20,21)22/h5-8,14H,9-12H2,1-4H3. The molecular formula is C19H25F3N2O3. The van der Waals surface area contributed by atoms with E-state index in [0.29, 0.717) is 0 Å². The van der Waals surface area contributed by atoms with Crippen molar-refractivity contribution < 1.29 is 27.5 Å². The molecule has 1 aromatic carbocycles. The molecule has 0 aliphatic heterocycles. The van der Waals surface area contributed by atoms with Crippen molar-refractivity contribution in [3.05, 3.63) is 35.4 Å². The smallest absolute Gasteiger partial charge is 0.416 e. The Kier molecular flexibility index (Phi) is 6.07. The molecule has 0 atom stereocenters. The highest BCUT2D eigenvalue weighted by molar-refractivity contribution is 5.82. The van der Waals surface area contributed by atoms with Gasteiger partial charge in [-0.05, 0) is 45.2 Å². The van der Waals surface area contributed by atoms with E-state index in [4.69, 9.17) is 4.74 Å². The third kappa shape index (κ3) is 6.15. The summed E-state index contributed by atoms with van der Waals surface area (Å²) in [6.45, 7) is 4.75. The molecule has 27 heavy (non-hydrogen) atoms. The molecule has 0 heterocycles. The van der Waals surface area contributed by atoms with Crippen LogP contribution >= 0.6 is 0 Å². The molecule has 2 amide bonds. The van der Waals surface area contributed by atoms with Gasteiger partial charge >= 0.3 is 12.3 Å². The maximum absolute atomic E-state index is 13.2. The van der Waals surface area contributed by atoms with Crippen molar-refractivity contribution >= 4 is 12.0 Å². The van der Waals surface area contributed by atoms with E-state index in [9.17, 15) is 22.8 Å². The Morgan fingerprint density at radius 3 is 2.26 bits per heavy atom. The lowest BCUT2D eigenvalue weighted by atomic mass is 10.1. The Labute approximate surface area is 157 Å². The van der Waals surface area contributed by atoms with E-state index in [1.54, 1.807) is 20.8 Å². The lowest BCUT2D eigenvalue weighted by Crippen LogP contribution is -2.43. The zero-order chi connectivity index (χ0) is 20.4. The minimum atomic E-state index is -4.48. The van der Waals surface area contributed by atoms with Gasteiger partial charge in [-0.1, -0.05) is 18.2 Å². The second-order valence-electron chi connectivity index (χ2n) is 7.74. The molecule has 1 aliphatic carbocycles. The van der Waals surface area contributed by atoms with Crippen molar-refractivity contribution in [1.29, 1.82) is 0 Å². The van der Waals surface area contributed by atoms with E-state index in [1.165, 1.54) is 30.1 Å². The van der Waals surface area contributed by atoms with Crippen LogP contribution in [-0.4, -0.2) is 47.0 Å². The first-order valence-corrected chi connectivity index (χ1v) is 8.77. The summed E-state index contributed by atoms with van der Waals surface area (Å²) < 4.78 is 44.9. The van der Waals surface area contributed by atoms with Crippen LogP contribution in [0.4, 0.5) is 18.0 Å². The summed E-state index contributed by atoms with van der Waals surface area (Å²) in [7, 11) is 1.43. The number of benzene rings is 1. The minimum Gasteiger partial charge on any atom is -0.444 e. The van der Waals surface area contributed by atoms with Gasteiger partial charge in [0.1, 0.15) is 12.1 Å². The highest BCUT2D eigenvalue weighted by Crippen LogP contribution is 2.34. The van der Waals surface area contributed by atoms with Crippen molar-refractivity contribution in [1.82, 2.24) is 9.80 Å². The number of hydrogen-bond donors (Lipinski definition) is 0. The Hall–Kier alpha value is -2.25. The van der Waals surface area contributed by atoms with E-state index < -0.39 is 29.3 Å². The molecule has 0 unspecified atom stereocenters. The predicted molar refractivity (Wildman–Crippen MR) is 93.9 cm³/mol. The lowest BCUT2D eigenvalue weighted by molar-refractivity contribution is -0.140. The summed E-state index contributed by atoms with van der Waals surface area (Å²) in [5.41, 5.74) is -1.40. The van der Waals surface area contributed by atoms with Crippen LogP contribution in [0.5, 0.6) is 0 Å². The number of alkyl halides is 3.